The Kier molecular flexibility index (Phi) is 4.64. The van der Waals surface area contributed by atoms with Gasteiger partial charge in [-0.1, -0.05) is 12.1 Å². The lowest BCUT2D eigenvalue weighted by atomic mass is 10.1. The standard InChI is InChI=1S/C18H17F2NO3/c1-2-21(18(22)12-7-8-14(19)15(20)9-12)10-13-11-23-16-5-3-4-6-17(16)24-13/h3-9,13H,2,10-11H2,1H3/t13-/m1/s1. The smallest absolute Gasteiger partial charge is 0.254 e. The van der Waals surface area contributed by atoms with E-state index >= 15 is 0 Å². The molecule has 6 heteroatoms. The molecule has 1 heterocycles. The molecule has 0 radical (unpaired) electrons. The second-order valence-electron chi connectivity index (χ2n) is 5.47. The lowest BCUT2D eigenvalue weighted by Gasteiger charge is -2.31. The summed E-state index contributed by atoms with van der Waals surface area (Å²) < 4.78 is 37.8. The maximum Gasteiger partial charge on any atom is 0.254 e. The fraction of sp³-hybridized carbons (Fsp3) is 0.278. The van der Waals surface area contributed by atoms with E-state index in [0.717, 1.165) is 12.1 Å². The highest BCUT2D eigenvalue weighted by atomic mass is 19.2. The van der Waals surface area contributed by atoms with Crippen LogP contribution >= 0.6 is 0 Å². The van der Waals surface area contributed by atoms with Gasteiger partial charge in [0.25, 0.3) is 5.91 Å². The Morgan fingerprint density at radius 2 is 1.92 bits per heavy atom. The summed E-state index contributed by atoms with van der Waals surface area (Å²) in [5.41, 5.74) is 0.105. The molecule has 0 saturated carbocycles. The zero-order valence-corrected chi connectivity index (χ0v) is 13.2. The monoisotopic (exact) mass is 333 g/mol. The molecule has 0 aliphatic carbocycles. The Morgan fingerprint density at radius 1 is 1.17 bits per heavy atom. The van der Waals surface area contributed by atoms with Gasteiger partial charge < -0.3 is 14.4 Å². The normalized spacial score (nSPS) is 15.9. The van der Waals surface area contributed by atoms with Crippen LogP contribution in [0.5, 0.6) is 11.5 Å². The van der Waals surface area contributed by atoms with E-state index < -0.39 is 11.6 Å². The number of halogens is 2. The predicted molar refractivity (Wildman–Crippen MR) is 84.3 cm³/mol. The van der Waals surface area contributed by atoms with Crippen molar-refractivity contribution in [3.63, 3.8) is 0 Å². The van der Waals surface area contributed by atoms with Gasteiger partial charge in [-0.2, -0.15) is 0 Å². The first-order valence-electron chi connectivity index (χ1n) is 7.71. The molecule has 0 N–H and O–H groups in total. The first-order valence-corrected chi connectivity index (χ1v) is 7.71. The number of rotatable bonds is 4. The summed E-state index contributed by atoms with van der Waals surface area (Å²) in [4.78, 5) is 14.0. The molecule has 24 heavy (non-hydrogen) atoms. The van der Waals surface area contributed by atoms with Crippen molar-refractivity contribution in [1.29, 1.82) is 0 Å². The fourth-order valence-corrected chi connectivity index (χ4v) is 2.57. The lowest BCUT2D eigenvalue weighted by Crippen LogP contribution is -2.43. The molecule has 1 aliphatic rings. The van der Waals surface area contributed by atoms with Crippen LogP contribution in [0, 0.1) is 11.6 Å². The average Bonchev–Trinajstić information content (AvgIpc) is 2.61. The van der Waals surface area contributed by atoms with Crippen molar-refractivity contribution in [2.24, 2.45) is 0 Å². The predicted octanol–water partition coefficient (Wildman–Crippen LogP) is 3.27. The van der Waals surface area contributed by atoms with E-state index in [-0.39, 0.29) is 17.6 Å². The van der Waals surface area contributed by atoms with Crippen LogP contribution in [0.25, 0.3) is 0 Å². The van der Waals surface area contributed by atoms with Gasteiger partial charge in [-0.05, 0) is 37.3 Å². The number of hydrogen-bond donors (Lipinski definition) is 0. The third kappa shape index (κ3) is 3.32. The van der Waals surface area contributed by atoms with Crippen LogP contribution in [0.3, 0.4) is 0 Å². The van der Waals surface area contributed by atoms with Crippen molar-refractivity contribution in [2.75, 3.05) is 19.7 Å². The van der Waals surface area contributed by atoms with E-state index in [0.29, 0.717) is 31.2 Å². The van der Waals surface area contributed by atoms with Gasteiger partial charge in [0.1, 0.15) is 6.61 Å². The summed E-state index contributed by atoms with van der Waals surface area (Å²) in [6.07, 6.45) is -0.325. The van der Waals surface area contributed by atoms with Gasteiger partial charge in [-0.25, -0.2) is 8.78 Å². The third-order valence-corrected chi connectivity index (χ3v) is 3.83. The van der Waals surface area contributed by atoms with Crippen LogP contribution in [-0.4, -0.2) is 36.6 Å². The van der Waals surface area contributed by atoms with Crippen LogP contribution in [0.1, 0.15) is 17.3 Å². The number of likely N-dealkylation sites (N-methyl/N-ethyl adjacent to an activating group) is 1. The number of carbonyl (C=O) groups excluding carboxylic acids is 1. The SMILES string of the molecule is CCN(C[C@@H]1COc2ccccc2O1)C(=O)c1ccc(F)c(F)c1. The minimum absolute atomic E-state index is 0.105. The molecule has 1 atom stereocenters. The van der Waals surface area contributed by atoms with Crippen LogP contribution in [0.2, 0.25) is 0 Å². The molecule has 4 nitrogen and oxygen atoms in total. The van der Waals surface area contributed by atoms with E-state index in [1.165, 1.54) is 11.0 Å². The first kappa shape index (κ1) is 16.2. The molecule has 1 aliphatic heterocycles. The highest BCUT2D eigenvalue weighted by Crippen LogP contribution is 2.31. The van der Waals surface area contributed by atoms with Gasteiger partial charge in [0, 0.05) is 12.1 Å². The second-order valence-corrected chi connectivity index (χ2v) is 5.47. The van der Waals surface area contributed by atoms with Crippen molar-refractivity contribution < 1.29 is 23.0 Å². The zero-order valence-electron chi connectivity index (χ0n) is 13.2. The van der Waals surface area contributed by atoms with E-state index in [9.17, 15) is 13.6 Å². The first-order chi connectivity index (χ1) is 11.6. The van der Waals surface area contributed by atoms with Crippen molar-refractivity contribution in [2.45, 2.75) is 13.0 Å². The Labute approximate surface area is 138 Å². The van der Waals surface area contributed by atoms with Gasteiger partial charge in [0.15, 0.2) is 29.2 Å². The average molecular weight is 333 g/mol. The van der Waals surface area contributed by atoms with Crippen molar-refractivity contribution in [1.82, 2.24) is 4.90 Å². The number of hydrogen-bond acceptors (Lipinski definition) is 3. The lowest BCUT2D eigenvalue weighted by molar-refractivity contribution is 0.0474. The van der Waals surface area contributed by atoms with Gasteiger partial charge in [-0.15, -0.1) is 0 Å². The van der Waals surface area contributed by atoms with Gasteiger partial charge >= 0.3 is 0 Å². The second kappa shape index (κ2) is 6.86. The number of para-hydroxylation sites is 2. The number of fused-ring (bicyclic) bond motifs is 1. The molecule has 0 spiro atoms. The topological polar surface area (TPSA) is 38.8 Å². The molecule has 126 valence electrons. The molecule has 0 saturated heterocycles. The molecule has 2 aromatic carbocycles. The summed E-state index contributed by atoms with van der Waals surface area (Å²) in [5.74, 6) is -1.09. The molecule has 0 unspecified atom stereocenters. The van der Waals surface area contributed by atoms with Gasteiger partial charge in [0.2, 0.25) is 0 Å². The van der Waals surface area contributed by atoms with E-state index in [1.807, 2.05) is 25.1 Å². The number of nitrogens with zero attached hydrogens (tertiary/aromatic N) is 1. The zero-order chi connectivity index (χ0) is 17.1. The minimum atomic E-state index is -1.04. The third-order valence-electron chi connectivity index (χ3n) is 3.83. The summed E-state index contributed by atoms with van der Waals surface area (Å²) in [6, 6.07) is 10.4. The van der Waals surface area contributed by atoms with Crippen molar-refractivity contribution in [3.8, 4) is 11.5 Å². The molecular formula is C18H17F2NO3. The number of benzene rings is 2. The van der Waals surface area contributed by atoms with Crippen LogP contribution < -0.4 is 9.47 Å². The van der Waals surface area contributed by atoms with E-state index in [4.69, 9.17) is 9.47 Å². The largest absolute Gasteiger partial charge is 0.486 e. The fourth-order valence-electron chi connectivity index (χ4n) is 2.57. The van der Waals surface area contributed by atoms with Crippen molar-refractivity contribution in [3.05, 3.63) is 59.7 Å². The molecule has 0 aromatic heterocycles. The Bertz CT molecular complexity index is 751. The number of amides is 1. The number of ether oxygens (including phenoxy) is 2. The van der Waals surface area contributed by atoms with Gasteiger partial charge in [-0.3, -0.25) is 4.79 Å². The van der Waals surface area contributed by atoms with Crippen LogP contribution in [-0.2, 0) is 0 Å². The molecular weight excluding hydrogens is 316 g/mol. The number of carbonyl (C=O) groups is 1. The maximum absolute atomic E-state index is 13.3. The van der Waals surface area contributed by atoms with Crippen LogP contribution in [0.4, 0.5) is 8.78 Å². The molecule has 1 amide bonds. The molecule has 3 rings (SSSR count). The molecule has 0 fully saturated rings. The Hall–Kier alpha value is -2.63. The van der Waals surface area contributed by atoms with Crippen molar-refractivity contribution >= 4 is 5.91 Å². The quantitative estimate of drug-likeness (QED) is 0.862. The van der Waals surface area contributed by atoms with Gasteiger partial charge in [0.05, 0.1) is 6.54 Å². The van der Waals surface area contributed by atoms with E-state index in [2.05, 4.69) is 0 Å². The summed E-state index contributed by atoms with van der Waals surface area (Å²) in [6.45, 7) is 2.84. The van der Waals surface area contributed by atoms with Crippen LogP contribution in [0.15, 0.2) is 42.5 Å². The minimum Gasteiger partial charge on any atom is -0.486 e. The maximum atomic E-state index is 13.3. The highest BCUT2D eigenvalue weighted by Gasteiger charge is 2.25. The molecule has 0 bridgehead atoms. The Balaban J connectivity index is 1.71. The summed E-state index contributed by atoms with van der Waals surface area (Å²) in [5, 5.41) is 0. The van der Waals surface area contributed by atoms with E-state index in [1.54, 1.807) is 6.07 Å². The summed E-state index contributed by atoms with van der Waals surface area (Å²) in [7, 11) is 0. The Morgan fingerprint density at radius 3 is 2.62 bits per heavy atom. The molecule has 2 aromatic rings. The summed E-state index contributed by atoms with van der Waals surface area (Å²) >= 11 is 0. The highest BCUT2D eigenvalue weighted by molar-refractivity contribution is 5.94.